The Morgan fingerprint density at radius 3 is 2.80 bits per heavy atom. The number of amides is 1. The van der Waals surface area contributed by atoms with Gasteiger partial charge in [0.05, 0.1) is 12.3 Å². The van der Waals surface area contributed by atoms with E-state index in [1.54, 1.807) is 0 Å². The molecule has 2 aliphatic heterocycles. The Balaban J connectivity index is 1.27. The van der Waals surface area contributed by atoms with Crippen molar-refractivity contribution in [2.24, 2.45) is 11.1 Å². The highest BCUT2D eigenvalue weighted by Gasteiger charge is 2.33. The summed E-state index contributed by atoms with van der Waals surface area (Å²) in [5, 5.41) is 4.96. The van der Waals surface area contributed by atoms with Crippen molar-refractivity contribution in [1.82, 2.24) is 4.90 Å². The molecule has 7 heteroatoms. The predicted molar refractivity (Wildman–Crippen MR) is 113 cm³/mol. The zero-order chi connectivity index (χ0) is 20.5. The van der Waals surface area contributed by atoms with Gasteiger partial charge < -0.3 is 19.2 Å². The van der Waals surface area contributed by atoms with Gasteiger partial charge in [-0.1, -0.05) is 35.3 Å². The molecule has 2 aromatic carbocycles. The molecular formula is C23H23ClN2O4. The van der Waals surface area contributed by atoms with Crippen LogP contribution in [0.15, 0.2) is 47.6 Å². The van der Waals surface area contributed by atoms with Crippen LogP contribution in [0.2, 0.25) is 5.02 Å². The molecule has 0 saturated heterocycles. The van der Waals surface area contributed by atoms with Crippen LogP contribution in [-0.4, -0.2) is 36.0 Å². The first kappa shape index (κ1) is 19.2. The molecule has 1 fully saturated rings. The minimum absolute atomic E-state index is 0.125. The van der Waals surface area contributed by atoms with Crippen LogP contribution in [0.5, 0.6) is 11.5 Å². The first-order chi connectivity index (χ1) is 14.7. The van der Waals surface area contributed by atoms with Crippen LogP contribution in [0.3, 0.4) is 0 Å². The van der Waals surface area contributed by atoms with E-state index in [4.69, 9.17) is 25.9 Å². The van der Waals surface area contributed by atoms with Gasteiger partial charge in [-0.3, -0.25) is 4.79 Å². The van der Waals surface area contributed by atoms with E-state index >= 15 is 0 Å². The molecule has 156 valence electrons. The Morgan fingerprint density at radius 1 is 1.13 bits per heavy atom. The number of hydrogen-bond acceptors (Lipinski definition) is 5. The monoisotopic (exact) mass is 426 g/mol. The topological polar surface area (TPSA) is 60.4 Å². The van der Waals surface area contributed by atoms with Crippen molar-refractivity contribution in [3.63, 3.8) is 0 Å². The number of hydrogen-bond donors (Lipinski definition) is 0. The molecule has 1 saturated carbocycles. The van der Waals surface area contributed by atoms with E-state index < -0.39 is 0 Å². The Bertz CT molecular complexity index is 989. The lowest BCUT2D eigenvalue weighted by molar-refractivity contribution is -0.140. The fourth-order valence-corrected chi connectivity index (χ4v) is 4.23. The second-order valence-electron chi connectivity index (χ2n) is 8.01. The molecule has 6 nitrogen and oxygen atoms in total. The SMILES string of the molecule is O=C(C1CCC1)N(Cc1cccc(Cl)c1)CC1CC(c2ccc3c(c2)OCO3)=NO1. The number of fused-ring (bicyclic) bond motifs is 1. The Morgan fingerprint density at radius 2 is 2.00 bits per heavy atom. The maximum absolute atomic E-state index is 13.1. The van der Waals surface area contributed by atoms with E-state index in [0.29, 0.717) is 24.5 Å². The molecule has 2 aromatic rings. The molecule has 1 aliphatic carbocycles. The van der Waals surface area contributed by atoms with Crippen molar-refractivity contribution in [2.75, 3.05) is 13.3 Å². The third-order valence-corrected chi connectivity index (χ3v) is 6.13. The van der Waals surface area contributed by atoms with Gasteiger partial charge in [0.2, 0.25) is 12.7 Å². The molecule has 2 heterocycles. The maximum Gasteiger partial charge on any atom is 0.231 e. The summed E-state index contributed by atoms with van der Waals surface area (Å²) in [6.07, 6.45) is 3.53. The van der Waals surface area contributed by atoms with Crippen LogP contribution >= 0.6 is 11.6 Å². The molecule has 0 aromatic heterocycles. The summed E-state index contributed by atoms with van der Waals surface area (Å²) in [6.45, 7) is 1.26. The number of ether oxygens (including phenoxy) is 2. The fourth-order valence-electron chi connectivity index (χ4n) is 4.02. The summed E-state index contributed by atoms with van der Waals surface area (Å²) in [5.74, 6) is 1.79. The molecule has 3 aliphatic rings. The molecule has 30 heavy (non-hydrogen) atoms. The second kappa shape index (κ2) is 8.19. The van der Waals surface area contributed by atoms with Crippen molar-refractivity contribution in [2.45, 2.75) is 38.3 Å². The van der Waals surface area contributed by atoms with Gasteiger partial charge in [0.25, 0.3) is 0 Å². The standard InChI is InChI=1S/C23H23ClN2O4/c24-18-6-1-3-15(9-18)12-26(23(27)16-4-2-5-16)13-19-11-20(25-30-19)17-7-8-21-22(10-17)29-14-28-21/h1,3,6-10,16,19H,2,4-5,11-14H2. The molecule has 5 rings (SSSR count). The summed E-state index contributed by atoms with van der Waals surface area (Å²) >= 11 is 6.14. The molecule has 1 amide bonds. The van der Waals surface area contributed by atoms with Crippen molar-refractivity contribution in [3.8, 4) is 11.5 Å². The minimum Gasteiger partial charge on any atom is -0.454 e. The number of benzene rings is 2. The summed E-state index contributed by atoms with van der Waals surface area (Å²) in [6, 6.07) is 13.4. The molecule has 0 spiro atoms. The average molecular weight is 427 g/mol. The fraction of sp³-hybridized carbons (Fsp3) is 0.391. The zero-order valence-electron chi connectivity index (χ0n) is 16.6. The maximum atomic E-state index is 13.1. The van der Waals surface area contributed by atoms with Gasteiger partial charge >= 0.3 is 0 Å². The zero-order valence-corrected chi connectivity index (χ0v) is 17.3. The normalized spacial score (nSPS) is 19.8. The van der Waals surface area contributed by atoms with E-state index in [2.05, 4.69) is 5.16 Å². The van der Waals surface area contributed by atoms with Crippen molar-refractivity contribution < 1.29 is 19.1 Å². The van der Waals surface area contributed by atoms with E-state index in [-0.39, 0.29) is 24.7 Å². The quantitative estimate of drug-likeness (QED) is 0.687. The summed E-state index contributed by atoms with van der Waals surface area (Å²) in [4.78, 5) is 20.7. The molecule has 0 radical (unpaired) electrons. The number of carbonyl (C=O) groups is 1. The van der Waals surface area contributed by atoms with Crippen molar-refractivity contribution in [1.29, 1.82) is 0 Å². The Kier molecular flexibility index (Phi) is 5.25. The summed E-state index contributed by atoms with van der Waals surface area (Å²) < 4.78 is 10.8. The first-order valence-corrected chi connectivity index (χ1v) is 10.7. The predicted octanol–water partition coefficient (Wildman–Crippen LogP) is 4.39. The van der Waals surface area contributed by atoms with Gasteiger partial charge in [0, 0.05) is 29.5 Å². The third-order valence-electron chi connectivity index (χ3n) is 5.89. The van der Waals surface area contributed by atoms with Gasteiger partial charge in [-0.05, 0) is 48.7 Å². The van der Waals surface area contributed by atoms with Crippen LogP contribution in [0.4, 0.5) is 0 Å². The molecule has 1 unspecified atom stereocenters. The number of halogens is 1. The molecule has 1 atom stereocenters. The lowest BCUT2D eigenvalue weighted by Crippen LogP contribution is -2.42. The lowest BCUT2D eigenvalue weighted by Gasteiger charge is -2.32. The summed E-state index contributed by atoms with van der Waals surface area (Å²) in [5.41, 5.74) is 2.83. The van der Waals surface area contributed by atoms with Crippen molar-refractivity contribution in [3.05, 3.63) is 58.6 Å². The van der Waals surface area contributed by atoms with Crippen LogP contribution in [0.25, 0.3) is 0 Å². The van der Waals surface area contributed by atoms with E-state index in [1.165, 1.54) is 0 Å². The van der Waals surface area contributed by atoms with Gasteiger partial charge in [0.15, 0.2) is 17.6 Å². The van der Waals surface area contributed by atoms with Crippen LogP contribution < -0.4 is 9.47 Å². The van der Waals surface area contributed by atoms with Gasteiger partial charge in [-0.2, -0.15) is 0 Å². The Labute approximate surface area is 180 Å². The highest BCUT2D eigenvalue weighted by molar-refractivity contribution is 6.30. The number of rotatable bonds is 6. The molecule has 0 N–H and O–H groups in total. The number of nitrogens with zero attached hydrogens (tertiary/aromatic N) is 2. The smallest absolute Gasteiger partial charge is 0.231 e. The third kappa shape index (κ3) is 3.97. The van der Waals surface area contributed by atoms with Crippen LogP contribution in [0.1, 0.15) is 36.8 Å². The van der Waals surface area contributed by atoms with Gasteiger partial charge in [-0.25, -0.2) is 0 Å². The lowest BCUT2D eigenvalue weighted by atomic mass is 9.84. The van der Waals surface area contributed by atoms with E-state index in [9.17, 15) is 4.79 Å². The highest BCUT2D eigenvalue weighted by atomic mass is 35.5. The number of oxime groups is 1. The minimum atomic E-state index is -0.173. The van der Waals surface area contributed by atoms with Crippen LogP contribution in [-0.2, 0) is 16.2 Å². The largest absolute Gasteiger partial charge is 0.454 e. The van der Waals surface area contributed by atoms with E-state index in [1.807, 2.05) is 47.4 Å². The van der Waals surface area contributed by atoms with Crippen molar-refractivity contribution >= 4 is 23.2 Å². The first-order valence-electron chi connectivity index (χ1n) is 10.3. The Hall–Kier alpha value is -2.73. The second-order valence-corrected chi connectivity index (χ2v) is 8.45. The van der Waals surface area contributed by atoms with Gasteiger partial charge in [-0.15, -0.1) is 0 Å². The number of carbonyl (C=O) groups excluding carboxylic acids is 1. The van der Waals surface area contributed by atoms with E-state index in [0.717, 1.165) is 47.6 Å². The van der Waals surface area contributed by atoms with Gasteiger partial charge in [0.1, 0.15) is 0 Å². The summed E-state index contributed by atoms with van der Waals surface area (Å²) in [7, 11) is 0. The average Bonchev–Trinajstić information content (AvgIpc) is 3.34. The molecule has 0 bridgehead atoms. The highest BCUT2D eigenvalue weighted by Crippen LogP contribution is 2.34. The molecular weight excluding hydrogens is 404 g/mol. The van der Waals surface area contributed by atoms with Crippen LogP contribution in [0, 0.1) is 5.92 Å².